The van der Waals surface area contributed by atoms with Crippen LogP contribution in [0.4, 0.5) is 19.3 Å². The van der Waals surface area contributed by atoms with Crippen LogP contribution in [-0.2, 0) is 27.2 Å². The number of fused-ring (bicyclic) bond motifs is 3. The van der Waals surface area contributed by atoms with Gasteiger partial charge in [-0.2, -0.15) is 13.5 Å². The molecule has 2 bridgehead atoms. The first-order chi connectivity index (χ1) is 27.4. The summed E-state index contributed by atoms with van der Waals surface area (Å²) in [6.45, 7) is -0.340. The molecule has 57 heavy (non-hydrogen) atoms. The highest BCUT2D eigenvalue weighted by Crippen LogP contribution is 2.39. The summed E-state index contributed by atoms with van der Waals surface area (Å²) < 4.78 is 49.7. The summed E-state index contributed by atoms with van der Waals surface area (Å²) in [5.74, 6) is -0.260. The van der Waals surface area contributed by atoms with Crippen molar-refractivity contribution in [3.05, 3.63) is 103 Å². The van der Waals surface area contributed by atoms with Gasteiger partial charge < -0.3 is 34.4 Å². The minimum absolute atomic E-state index is 0.0202. The van der Waals surface area contributed by atoms with Gasteiger partial charge in [0.15, 0.2) is 23.9 Å². The van der Waals surface area contributed by atoms with Crippen molar-refractivity contribution >= 4 is 58.8 Å². The van der Waals surface area contributed by atoms with Crippen molar-refractivity contribution in [2.24, 2.45) is 11.8 Å². The number of ether oxygens (including phenoxy) is 4. The maximum Gasteiger partial charge on any atom is 0.414 e. The fraction of sp³-hybridized carbons (Fsp3) is 0.385. The molecular weight excluding hydrogens is 811 g/mol. The van der Waals surface area contributed by atoms with Gasteiger partial charge in [0.25, 0.3) is 6.47 Å². The van der Waals surface area contributed by atoms with Gasteiger partial charge in [-0.05, 0) is 92.6 Å². The van der Waals surface area contributed by atoms with Crippen LogP contribution >= 0.6 is 34.5 Å². The number of benzene rings is 2. The van der Waals surface area contributed by atoms with Crippen LogP contribution in [0.25, 0.3) is 0 Å². The highest BCUT2D eigenvalue weighted by atomic mass is 35.5. The molecule has 0 spiro atoms. The Kier molecular flexibility index (Phi) is 13.9. The summed E-state index contributed by atoms with van der Waals surface area (Å²) in [7, 11) is 0. The van der Waals surface area contributed by atoms with Gasteiger partial charge in [0, 0.05) is 29.5 Å². The molecule has 2 atom stereocenters. The van der Waals surface area contributed by atoms with E-state index in [0.717, 1.165) is 62.5 Å². The zero-order valence-electron chi connectivity index (χ0n) is 30.3. The van der Waals surface area contributed by atoms with Crippen molar-refractivity contribution in [2.45, 2.75) is 57.5 Å². The molecule has 2 aromatic heterocycles. The number of carbonyl (C=O) groups is 3. The molecule has 0 unspecified atom stereocenters. The molecule has 1 aliphatic carbocycles. The third kappa shape index (κ3) is 11.2. The summed E-state index contributed by atoms with van der Waals surface area (Å²) in [6, 6.07) is 13.9. The van der Waals surface area contributed by atoms with Gasteiger partial charge in [-0.25, -0.2) is 9.59 Å². The summed E-state index contributed by atoms with van der Waals surface area (Å²) in [5, 5.41) is 29.2. The third-order valence-corrected chi connectivity index (χ3v) is 11.5. The van der Waals surface area contributed by atoms with Gasteiger partial charge in [0.2, 0.25) is 0 Å². The standard InChI is InChI=1S/C38H37Cl2F2N3O8S.CH2O2/c39-29-18-44(49)19-30(40)28(29)16-32(24-6-8-31(52-37(41)42)33(14-24)50-21-22-4-5-22)51-36(47)35-9-7-27(54-35)17-45(25-2-1-3-26(46)15-25)38(48)53-34-20-43-12-10-23(34)11-13-43;2-1-3/h1-3,6-9,14-15,18-19,22-23,32,34,37,46H,4-5,10-13,16-17,20-21H2;1H,(H,2,3)/t32-,34-;/m0./s1. The summed E-state index contributed by atoms with van der Waals surface area (Å²) in [6.07, 6.45) is 4.15. The predicted molar refractivity (Wildman–Crippen MR) is 205 cm³/mol. The maximum absolute atomic E-state index is 13.8. The van der Waals surface area contributed by atoms with Crippen LogP contribution in [0.15, 0.2) is 67.0 Å². The normalized spacial score (nSPS) is 18.9. The number of alkyl halides is 2. The number of rotatable bonds is 14. The SMILES string of the molecule is O=C(O[C@@H](Cc1c(Cl)c[n+]([O-])cc1Cl)c1ccc(OC(F)F)c(OCC2CC2)c1)c1ccc(CN(C(=O)O[C@H]2CN3CCC2CC3)c2cccc(O)c2)s1.O=CO. The van der Waals surface area contributed by atoms with E-state index >= 15 is 0 Å². The molecule has 1 amide bonds. The lowest BCUT2D eigenvalue weighted by atomic mass is 9.86. The van der Waals surface area contributed by atoms with E-state index in [2.05, 4.69) is 4.90 Å². The molecule has 18 heteroatoms. The number of aromatic hydroxyl groups is 1. The number of esters is 1. The van der Waals surface area contributed by atoms with Gasteiger partial charge in [-0.15, -0.1) is 11.3 Å². The second-order valence-electron chi connectivity index (χ2n) is 13.8. The number of nitrogens with zero attached hydrogens (tertiary/aromatic N) is 3. The van der Waals surface area contributed by atoms with Crippen LogP contribution in [0.3, 0.4) is 0 Å². The smallest absolute Gasteiger partial charge is 0.414 e. The largest absolute Gasteiger partial charge is 0.619 e. The van der Waals surface area contributed by atoms with E-state index in [1.165, 1.54) is 35.2 Å². The van der Waals surface area contributed by atoms with Crippen LogP contribution in [0.1, 0.15) is 57.5 Å². The number of phenols is 1. The fourth-order valence-corrected chi connectivity index (χ4v) is 8.22. The van der Waals surface area contributed by atoms with Crippen molar-refractivity contribution in [2.75, 3.05) is 31.1 Å². The van der Waals surface area contributed by atoms with Crippen LogP contribution in [-0.4, -0.2) is 72.6 Å². The number of hydrogen-bond acceptors (Lipinski definition) is 11. The first-order valence-corrected chi connectivity index (χ1v) is 19.6. The lowest BCUT2D eigenvalue weighted by Crippen LogP contribution is -2.53. The van der Waals surface area contributed by atoms with Crippen LogP contribution in [0.2, 0.25) is 10.0 Å². The van der Waals surface area contributed by atoms with Crippen molar-refractivity contribution in [1.82, 2.24) is 4.90 Å². The van der Waals surface area contributed by atoms with Gasteiger partial charge in [0.1, 0.15) is 32.9 Å². The lowest BCUT2D eigenvalue weighted by molar-refractivity contribution is -0.605. The average molecular weight is 851 g/mol. The lowest BCUT2D eigenvalue weighted by Gasteiger charge is -2.44. The van der Waals surface area contributed by atoms with E-state index in [-0.39, 0.29) is 63.6 Å². The number of halogens is 4. The van der Waals surface area contributed by atoms with Gasteiger partial charge in [-0.3, -0.25) is 14.6 Å². The Morgan fingerprint density at radius 2 is 1.75 bits per heavy atom. The van der Waals surface area contributed by atoms with Crippen LogP contribution in [0.5, 0.6) is 17.2 Å². The number of carboxylic acid groups (broad SMARTS) is 1. The zero-order chi connectivity index (χ0) is 40.6. The van der Waals surface area contributed by atoms with E-state index in [9.17, 15) is 28.7 Å². The monoisotopic (exact) mass is 849 g/mol. The Morgan fingerprint density at radius 3 is 2.39 bits per heavy atom. The molecule has 1 saturated carbocycles. The molecule has 3 aliphatic heterocycles. The highest BCUT2D eigenvalue weighted by Gasteiger charge is 2.38. The quantitative estimate of drug-likeness (QED) is 0.0550. The number of thiophene rings is 1. The van der Waals surface area contributed by atoms with E-state index in [1.807, 2.05) is 0 Å². The van der Waals surface area contributed by atoms with Gasteiger partial charge >= 0.3 is 18.7 Å². The third-order valence-electron chi connectivity index (χ3n) is 9.81. The van der Waals surface area contributed by atoms with E-state index in [1.54, 1.807) is 24.3 Å². The second kappa shape index (κ2) is 19.0. The number of aromatic nitrogens is 1. The first-order valence-electron chi connectivity index (χ1n) is 18.1. The summed E-state index contributed by atoms with van der Waals surface area (Å²) >= 11 is 13.9. The highest BCUT2D eigenvalue weighted by molar-refractivity contribution is 7.14. The number of pyridine rings is 1. The molecule has 8 rings (SSSR count). The topological polar surface area (TPSA) is 162 Å². The molecule has 13 nitrogen and oxygen atoms in total. The van der Waals surface area contributed by atoms with E-state index in [4.69, 9.17) is 52.1 Å². The van der Waals surface area contributed by atoms with Crippen molar-refractivity contribution < 1.29 is 57.1 Å². The Balaban J connectivity index is 0.00000177. The number of hydrogen-bond donors (Lipinski definition) is 2. The molecule has 2 N–H and O–H groups in total. The summed E-state index contributed by atoms with van der Waals surface area (Å²) in [5.41, 5.74) is 1.13. The van der Waals surface area contributed by atoms with Gasteiger partial charge in [-0.1, -0.05) is 35.3 Å². The minimum atomic E-state index is -3.09. The number of carbonyl (C=O) groups excluding carboxylic acids is 2. The number of phenolic OH excluding ortho intramolecular Hbond substituents is 1. The van der Waals surface area contributed by atoms with Gasteiger partial charge in [0.05, 0.1) is 18.8 Å². The zero-order valence-corrected chi connectivity index (χ0v) is 32.6. The van der Waals surface area contributed by atoms with Crippen LogP contribution in [0, 0.1) is 17.0 Å². The Morgan fingerprint density at radius 1 is 1.04 bits per heavy atom. The maximum atomic E-state index is 13.8. The van der Waals surface area contributed by atoms with Crippen molar-refractivity contribution in [3.8, 4) is 17.2 Å². The molecule has 2 aromatic carbocycles. The molecular formula is C39H39Cl2F2N3O10S. The van der Waals surface area contributed by atoms with E-state index in [0.29, 0.717) is 45.5 Å². The first kappa shape index (κ1) is 41.7. The van der Waals surface area contributed by atoms with Crippen molar-refractivity contribution in [3.63, 3.8) is 0 Å². The molecule has 4 aliphatic rings. The fourth-order valence-electron chi connectivity index (χ4n) is 6.74. The number of amides is 1. The second-order valence-corrected chi connectivity index (χ2v) is 15.7. The number of anilines is 1. The Bertz CT molecular complexity index is 2020. The van der Waals surface area contributed by atoms with Crippen molar-refractivity contribution in [1.29, 1.82) is 0 Å². The minimum Gasteiger partial charge on any atom is -0.619 e. The van der Waals surface area contributed by atoms with E-state index < -0.39 is 24.8 Å². The predicted octanol–water partition coefficient (Wildman–Crippen LogP) is 7.86. The molecule has 304 valence electrons. The molecule has 3 saturated heterocycles. The molecule has 4 aromatic rings. The average Bonchev–Trinajstić information content (AvgIpc) is 3.89. The Labute approximate surface area is 340 Å². The molecule has 0 radical (unpaired) electrons. The molecule has 5 heterocycles. The molecule has 4 fully saturated rings. The van der Waals surface area contributed by atoms with Crippen LogP contribution < -0.4 is 19.1 Å². The Hall–Kier alpha value is -4.90. The summed E-state index contributed by atoms with van der Waals surface area (Å²) in [4.78, 5) is 40.4. The number of piperidine rings is 3.